The first-order valence-corrected chi connectivity index (χ1v) is 6.89. The number of nitrogens with zero attached hydrogens (tertiary/aromatic N) is 2. The fraction of sp³-hybridized carbons (Fsp3) is 0.500. The van der Waals surface area contributed by atoms with E-state index >= 15 is 0 Å². The van der Waals surface area contributed by atoms with Gasteiger partial charge in [-0.15, -0.1) is 0 Å². The van der Waals surface area contributed by atoms with E-state index in [1.165, 1.54) is 6.07 Å². The summed E-state index contributed by atoms with van der Waals surface area (Å²) >= 11 is 0. The van der Waals surface area contributed by atoms with Crippen LogP contribution in [0.4, 0.5) is 14.5 Å². The van der Waals surface area contributed by atoms with Gasteiger partial charge in [-0.05, 0) is 12.1 Å². The molecule has 1 N–H and O–H groups in total. The van der Waals surface area contributed by atoms with Crippen LogP contribution in [0.3, 0.4) is 0 Å². The van der Waals surface area contributed by atoms with Gasteiger partial charge in [-0.25, -0.2) is 8.78 Å². The fourth-order valence-electron chi connectivity index (χ4n) is 3.05. The minimum atomic E-state index is -0.943. The summed E-state index contributed by atoms with van der Waals surface area (Å²) in [5.41, 5.74) is 0.308. The second kappa shape index (κ2) is 5.10. The third-order valence-corrected chi connectivity index (χ3v) is 4.35. The van der Waals surface area contributed by atoms with E-state index in [1.54, 1.807) is 0 Å². The summed E-state index contributed by atoms with van der Waals surface area (Å²) < 4.78 is 26.7. The highest BCUT2D eigenvalue weighted by atomic mass is 19.2. The van der Waals surface area contributed by atoms with Crippen molar-refractivity contribution in [2.24, 2.45) is 0 Å². The molecule has 3 saturated heterocycles. The molecule has 0 spiro atoms. The summed E-state index contributed by atoms with van der Waals surface area (Å²) in [5, 5.41) is 2.66. The standard InChI is InChI=1S/C14H17F2N3O/c15-12-2-1-11(9-13(12)16)17-14(20)10-19-6-3-18(4-7-19)5-8-19/h1-2,9H,3-8,10H2/p+1. The normalized spacial score (nSPS) is 28.4. The van der Waals surface area contributed by atoms with Crippen molar-refractivity contribution < 1.29 is 18.1 Å². The van der Waals surface area contributed by atoms with E-state index in [9.17, 15) is 13.6 Å². The lowest BCUT2D eigenvalue weighted by atomic mass is 10.1. The zero-order valence-electron chi connectivity index (χ0n) is 11.2. The fourth-order valence-corrected chi connectivity index (χ4v) is 3.05. The van der Waals surface area contributed by atoms with Crippen LogP contribution in [0.1, 0.15) is 0 Å². The number of quaternary nitrogens is 1. The van der Waals surface area contributed by atoms with Crippen molar-refractivity contribution in [1.82, 2.24) is 4.90 Å². The van der Waals surface area contributed by atoms with Crippen LogP contribution in [0.25, 0.3) is 0 Å². The van der Waals surface area contributed by atoms with Gasteiger partial charge in [0, 0.05) is 31.4 Å². The molecule has 1 amide bonds. The number of piperazine rings is 3. The summed E-state index contributed by atoms with van der Waals surface area (Å²) in [6.45, 7) is 6.50. The van der Waals surface area contributed by atoms with Gasteiger partial charge in [-0.1, -0.05) is 0 Å². The number of carbonyl (C=O) groups is 1. The number of fused-ring (bicyclic) bond motifs is 3. The van der Waals surface area contributed by atoms with Crippen molar-refractivity contribution in [2.45, 2.75) is 0 Å². The van der Waals surface area contributed by atoms with Crippen LogP contribution >= 0.6 is 0 Å². The first-order valence-electron chi connectivity index (χ1n) is 6.89. The molecule has 20 heavy (non-hydrogen) atoms. The van der Waals surface area contributed by atoms with Crippen LogP contribution in [0.5, 0.6) is 0 Å². The van der Waals surface area contributed by atoms with E-state index in [-0.39, 0.29) is 5.91 Å². The molecule has 0 saturated carbocycles. The molecule has 6 heteroatoms. The average Bonchev–Trinajstić information content (AvgIpc) is 2.44. The SMILES string of the molecule is O=C(C[N+]12CCN(CC1)CC2)Nc1ccc(F)c(F)c1. The highest BCUT2D eigenvalue weighted by molar-refractivity contribution is 5.91. The number of rotatable bonds is 3. The molecule has 0 aliphatic carbocycles. The third-order valence-electron chi connectivity index (χ3n) is 4.35. The maximum atomic E-state index is 13.1. The molecule has 0 atom stereocenters. The Bertz CT molecular complexity index is 513. The maximum absolute atomic E-state index is 13.1. The predicted octanol–water partition coefficient (Wildman–Crippen LogP) is 1.05. The second-order valence-electron chi connectivity index (χ2n) is 5.69. The molecule has 0 radical (unpaired) electrons. The van der Waals surface area contributed by atoms with Crippen molar-refractivity contribution in [2.75, 3.05) is 51.1 Å². The number of nitrogens with one attached hydrogen (secondary N) is 1. The van der Waals surface area contributed by atoms with Crippen molar-refractivity contribution in [3.05, 3.63) is 29.8 Å². The van der Waals surface area contributed by atoms with Crippen LogP contribution in [-0.2, 0) is 4.79 Å². The Balaban J connectivity index is 1.63. The molecular weight excluding hydrogens is 264 g/mol. The Morgan fingerprint density at radius 1 is 1.15 bits per heavy atom. The minimum absolute atomic E-state index is 0.133. The lowest BCUT2D eigenvalue weighted by Crippen LogP contribution is -2.68. The number of anilines is 1. The second-order valence-corrected chi connectivity index (χ2v) is 5.69. The van der Waals surface area contributed by atoms with Crippen LogP contribution in [-0.4, -0.2) is 61.1 Å². The Morgan fingerprint density at radius 3 is 2.40 bits per heavy atom. The van der Waals surface area contributed by atoms with Crippen LogP contribution in [0.15, 0.2) is 18.2 Å². The average molecular weight is 282 g/mol. The van der Waals surface area contributed by atoms with E-state index in [0.717, 1.165) is 55.9 Å². The van der Waals surface area contributed by atoms with Gasteiger partial charge in [0.1, 0.15) is 0 Å². The van der Waals surface area contributed by atoms with E-state index in [2.05, 4.69) is 10.2 Å². The Kier molecular flexibility index (Phi) is 3.43. The van der Waals surface area contributed by atoms with Gasteiger partial charge in [0.05, 0.1) is 19.6 Å². The van der Waals surface area contributed by atoms with E-state index in [0.29, 0.717) is 12.2 Å². The molecule has 108 valence electrons. The van der Waals surface area contributed by atoms with Crippen molar-refractivity contribution >= 4 is 11.6 Å². The van der Waals surface area contributed by atoms with Gasteiger partial charge in [-0.2, -0.15) is 0 Å². The third kappa shape index (κ3) is 2.66. The van der Waals surface area contributed by atoms with E-state index in [4.69, 9.17) is 0 Å². The molecular formula is C14H18F2N3O+. The van der Waals surface area contributed by atoms with E-state index in [1.807, 2.05) is 0 Å². The largest absolute Gasteiger partial charge is 0.321 e. The first-order chi connectivity index (χ1) is 9.56. The van der Waals surface area contributed by atoms with Gasteiger partial charge >= 0.3 is 0 Å². The summed E-state index contributed by atoms with van der Waals surface area (Å²) in [4.78, 5) is 14.5. The van der Waals surface area contributed by atoms with Crippen molar-refractivity contribution in [1.29, 1.82) is 0 Å². The molecule has 3 aliphatic heterocycles. The molecule has 3 heterocycles. The molecule has 0 unspecified atom stereocenters. The number of benzene rings is 1. The lowest BCUT2D eigenvalue weighted by molar-refractivity contribution is -0.933. The molecule has 1 aromatic carbocycles. The Labute approximate surface area is 116 Å². The highest BCUT2D eigenvalue weighted by Crippen LogP contribution is 2.20. The molecule has 3 fully saturated rings. The molecule has 0 aromatic heterocycles. The number of hydrogen-bond donors (Lipinski definition) is 1. The maximum Gasteiger partial charge on any atom is 0.279 e. The molecule has 3 aliphatic rings. The van der Waals surface area contributed by atoms with Crippen LogP contribution in [0.2, 0.25) is 0 Å². The zero-order valence-corrected chi connectivity index (χ0v) is 11.2. The molecule has 1 aromatic rings. The number of hydrogen-bond acceptors (Lipinski definition) is 2. The van der Waals surface area contributed by atoms with Gasteiger partial charge in [-0.3, -0.25) is 9.69 Å². The quantitative estimate of drug-likeness (QED) is 0.841. The summed E-state index contributed by atoms with van der Waals surface area (Å²) in [5.74, 6) is -1.98. The van der Waals surface area contributed by atoms with Crippen LogP contribution in [0, 0.1) is 11.6 Å². The lowest BCUT2D eigenvalue weighted by Gasteiger charge is -2.50. The monoisotopic (exact) mass is 282 g/mol. The zero-order chi connectivity index (χ0) is 14.2. The van der Waals surface area contributed by atoms with Crippen molar-refractivity contribution in [3.8, 4) is 0 Å². The Morgan fingerprint density at radius 2 is 1.80 bits per heavy atom. The summed E-state index contributed by atoms with van der Waals surface area (Å²) in [6.07, 6.45) is 0. The van der Waals surface area contributed by atoms with Gasteiger partial charge < -0.3 is 9.80 Å². The predicted molar refractivity (Wildman–Crippen MR) is 71.2 cm³/mol. The van der Waals surface area contributed by atoms with Gasteiger partial charge in [0.25, 0.3) is 5.91 Å². The van der Waals surface area contributed by atoms with Crippen molar-refractivity contribution in [3.63, 3.8) is 0 Å². The number of amides is 1. The Hall–Kier alpha value is -1.53. The van der Waals surface area contributed by atoms with Gasteiger partial charge in [0.2, 0.25) is 0 Å². The number of carbonyl (C=O) groups excluding carboxylic acids is 1. The molecule has 4 rings (SSSR count). The smallest absolute Gasteiger partial charge is 0.279 e. The number of halogens is 2. The topological polar surface area (TPSA) is 32.3 Å². The summed E-state index contributed by atoms with van der Waals surface area (Å²) in [6, 6.07) is 3.42. The van der Waals surface area contributed by atoms with Gasteiger partial charge in [0.15, 0.2) is 18.2 Å². The minimum Gasteiger partial charge on any atom is -0.321 e. The summed E-state index contributed by atoms with van der Waals surface area (Å²) in [7, 11) is 0. The van der Waals surface area contributed by atoms with Crippen LogP contribution < -0.4 is 5.32 Å². The molecule has 4 nitrogen and oxygen atoms in total. The van der Waals surface area contributed by atoms with E-state index < -0.39 is 11.6 Å². The molecule has 2 bridgehead atoms. The highest BCUT2D eigenvalue weighted by Gasteiger charge is 2.39. The first kappa shape index (κ1) is 13.5.